The largest absolute Gasteiger partial charge is 0.357 e. The second-order valence-corrected chi connectivity index (χ2v) is 7.09. The maximum absolute atomic E-state index is 12.0. The van der Waals surface area contributed by atoms with E-state index in [0.717, 1.165) is 50.2 Å². The SMILES string of the molecule is CCNC(=NCc1ccc(C(=O)N(C)C)cc1)N1CCN(c2ncccn2)CC1.I. The molecule has 8 nitrogen and oxygen atoms in total. The molecule has 1 N–H and O–H groups in total. The van der Waals surface area contributed by atoms with Gasteiger partial charge in [0, 0.05) is 64.8 Å². The predicted octanol–water partition coefficient (Wildman–Crippen LogP) is 2.08. The van der Waals surface area contributed by atoms with Gasteiger partial charge in [0.05, 0.1) is 6.54 Å². The van der Waals surface area contributed by atoms with Crippen LogP contribution in [0.2, 0.25) is 0 Å². The van der Waals surface area contributed by atoms with Gasteiger partial charge in [-0.05, 0) is 30.7 Å². The fourth-order valence-corrected chi connectivity index (χ4v) is 3.18. The first-order valence-corrected chi connectivity index (χ1v) is 9.94. The summed E-state index contributed by atoms with van der Waals surface area (Å²) in [5, 5.41) is 3.39. The summed E-state index contributed by atoms with van der Waals surface area (Å²) < 4.78 is 0. The Hall–Kier alpha value is -2.43. The molecular formula is C21H30IN7O. The number of piperazine rings is 1. The molecule has 1 saturated heterocycles. The molecule has 162 valence electrons. The molecule has 0 bridgehead atoms. The summed E-state index contributed by atoms with van der Waals surface area (Å²) >= 11 is 0. The van der Waals surface area contributed by atoms with E-state index in [1.165, 1.54) is 0 Å². The molecule has 1 amide bonds. The highest BCUT2D eigenvalue weighted by molar-refractivity contribution is 14.0. The number of aliphatic imine (C=N–C) groups is 1. The predicted molar refractivity (Wildman–Crippen MR) is 131 cm³/mol. The minimum absolute atomic E-state index is 0. The van der Waals surface area contributed by atoms with Crippen LogP contribution in [0.1, 0.15) is 22.8 Å². The zero-order valence-corrected chi connectivity index (χ0v) is 20.1. The Morgan fingerprint density at radius 2 is 1.73 bits per heavy atom. The number of rotatable bonds is 5. The van der Waals surface area contributed by atoms with Crippen molar-refractivity contribution in [3.8, 4) is 0 Å². The van der Waals surface area contributed by atoms with E-state index in [9.17, 15) is 4.79 Å². The normalized spacial score (nSPS) is 14.2. The summed E-state index contributed by atoms with van der Waals surface area (Å²) in [5.41, 5.74) is 1.76. The second-order valence-electron chi connectivity index (χ2n) is 7.09. The van der Waals surface area contributed by atoms with Crippen molar-refractivity contribution in [3.63, 3.8) is 0 Å². The van der Waals surface area contributed by atoms with Crippen LogP contribution >= 0.6 is 24.0 Å². The molecule has 1 aromatic heterocycles. The molecule has 0 aliphatic carbocycles. The number of amides is 1. The van der Waals surface area contributed by atoms with E-state index in [4.69, 9.17) is 4.99 Å². The first-order valence-electron chi connectivity index (χ1n) is 9.94. The Kier molecular flexibility index (Phi) is 9.28. The van der Waals surface area contributed by atoms with Crippen molar-refractivity contribution < 1.29 is 4.79 Å². The fraction of sp³-hybridized carbons (Fsp3) is 0.429. The number of hydrogen-bond acceptors (Lipinski definition) is 5. The summed E-state index contributed by atoms with van der Waals surface area (Å²) in [6.45, 7) is 6.90. The van der Waals surface area contributed by atoms with E-state index in [2.05, 4.69) is 32.0 Å². The lowest BCUT2D eigenvalue weighted by Crippen LogP contribution is -2.52. The minimum Gasteiger partial charge on any atom is -0.357 e. The zero-order valence-electron chi connectivity index (χ0n) is 17.8. The van der Waals surface area contributed by atoms with Crippen LogP contribution in [-0.4, -0.2) is 78.5 Å². The van der Waals surface area contributed by atoms with Crippen molar-refractivity contribution in [1.82, 2.24) is 25.1 Å². The van der Waals surface area contributed by atoms with E-state index in [1.807, 2.05) is 30.3 Å². The van der Waals surface area contributed by atoms with Crippen LogP contribution < -0.4 is 10.2 Å². The van der Waals surface area contributed by atoms with Crippen LogP contribution in [0.15, 0.2) is 47.7 Å². The highest BCUT2D eigenvalue weighted by atomic mass is 127. The van der Waals surface area contributed by atoms with Crippen molar-refractivity contribution in [2.24, 2.45) is 4.99 Å². The number of nitrogens with zero attached hydrogens (tertiary/aromatic N) is 6. The van der Waals surface area contributed by atoms with E-state index in [0.29, 0.717) is 12.1 Å². The lowest BCUT2D eigenvalue weighted by molar-refractivity contribution is 0.0827. The summed E-state index contributed by atoms with van der Waals surface area (Å²) in [6.07, 6.45) is 3.55. The zero-order chi connectivity index (χ0) is 20.6. The molecule has 2 aromatic rings. The fourth-order valence-electron chi connectivity index (χ4n) is 3.18. The first kappa shape index (κ1) is 23.8. The molecule has 30 heavy (non-hydrogen) atoms. The molecule has 1 fully saturated rings. The first-order chi connectivity index (χ1) is 14.1. The van der Waals surface area contributed by atoms with E-state index in [1.54, 1.807) is 31.4 Å². The van der Waals surface area contributed by atoms with Crippen LogP contribution in [0.4, 0.5) is 5.95 Å². The van der Waals surface area contributed by atoms with Gasteiger partial charge in [0.2, 0.25) is 5.95 Å². The number of halogens is 1. The van der Waals surface area contributed by atoms with E-state index < -0.39 is 0 Å². The number of nitrogens with one attached hydrogen (secondary N) is 1. The molecule has 1 aliphatic rings. The Balaban J connectivity index is 0.00000320. The van der Waals surface area contributed by atoms with Gasteiger partial charge >= 0.3 is 0 Å². The molecule has 1 aromatic carbocycles. The van der Waals surface area contributed by atoms with Crippen LogP contribution in [0, 0.1) is 0 Å². The van der Waals surface area contributed by atoms with Crippen molar-refractivity contribution >= 4 is 41.8 Å². The Labute approximate surface area is 195 Å². The van der Waals surface area contributed by atoms with Crippen molar-refractivity contribution in [3.05, 3.63) is 53.9 Å². The van der Waals surface area contributed by atoms with Gasteiger partial charge in [-0.1, -0.05) is 12.1 Å². The van der Waals surface area contributed by atoms with Gasteiger partial charge in [-0.15, -0.1) is 24.0 Å². The number of aromatic nitrogens is 2. The van der Waals surface area contributed by atoms with Gasteiger partial charge in [-0.3, -0.25) is 4.79 Å². The van der Waals surface area contributed by atoms with Crippen LogP contribution in [-0.2, 0) is 6.54 Å². The number of anilines is 1. The standard InChI is InChI=1S/C21H29N7O.HI/c1-4-22-20(25-16-17-6-8-18(9-7-17)19(29)26(2)3)27-12-14-28(15-13-27)21-23-10-5-11-24-21;/h5-11H,4,12-16H2,1-3H3,(H,22,25);1H. The molecule has 0 radical (unpaired) electrons. The lowest BCUT2D eigenvalue weighted by Gasteiger charge is -2.36. The Morgan fingerprint density at radius 3 is 2.30 bits per heavy atom. The molecule has 0 unspecified atom stereocenters. The van der Waals surface area contributed by atoms with Gasteiger partial charge in [0.25, 0.3) is 5.91 Å². The average Bonchev–Trinajstić information content (AvgIpc) is 2.77. The molecule has 3 rings (SSSR count). The van der Waals surface area contributed by atoms with Crippen LogP contribution in [0.3, 0.4) is 0 Å². The Bertz CT molecular complexity index is 819. The third-order valence-corrected chi connectivity index (χ3v) is 4.77. The number of carbonyl (C=O) groups excluding carboxylic acids is 1. The molecule has 0 atom stereocenters. The second kappa shape index (κ2) is 11.7. The maximum Gasteiger partial charge on any atom is 0.253 e. The number of guanidine groups is 1. The number of benzene rings is 1. The summed E-state index contributed by atoms with van der Waals surface area (Å²) in [7, 11) is 3.51. The minimum atomic E-state index is 0. The van der Waals surface area contributed by atoms with E-state index in [-0.39, 0.29) is 29.9 Å². The van der Waals surface area contributed by atoms with E-state index >= 15 is 0 Å². The quantitative estimate of drug-likeness (QED) is 0.368. The van der Waals surface area contributed by atoms with Gasteiger partial charge in [0.1, 0.15) is 0 Å². The molecule has 1 aliphatic heterocycles. The third-order valence-electron chi connectivity index (χ3n) is 4.77. The van der Waals surface area contributed by atoms with Crippen molar-refractivity contribution in [2.75, 3.05) is 51.7 Å². The smallest absolute Gasteiger partial charge is 0.253 e. The third kappa shape index (κ3) is 6.28. The topological polar surface area (TPSA) is 77.0 Å². The van der Waals surface area contributed by atoms with Crippen molar-refractivity contribution in [1.29, 1.82) is 0 Å². The van der Waals surface area contributed by atoms with Gasteiger partial charge in [-0.2, -0.15) is 0 Å². The highest BCUT2D eigenvalue weighted by Crippen LogP contribution is 2.11. The molecule has 9 heteroatoms. The Morgan fingerprint density at radius 1 is 1.10 bits per heavy atom. The van der Waals surface area contributed by atoms with Crippen LogP contribution in [0.25, 0.3) is 0 Å². The molecule has 2 heterocycles. The maximum atomic E-state index is 12.0. The van der Waals surface area contributed by atoms with Crippen molar-refractivity contribution in [2.45, 2.75) is 13.5 Å². The number of carbonyl (C=O) groups is 1. The van der Waals surface area contributed by atoms with Crippen LogP contribution in [0.5, 0.6) is 0 Å². The molecular weight excluding hydrogens is 493 g/mol. The average molecular weight is 523 g/mol. The summed E-state index contributed by atoms with van der Waals surface area (Å²) in [4.78, 5) is 31.5. The highest BCUT2D eigenvalue weighted by Gasteiger charge is 2.21. The van der Waals surface area contributed by atoms with Gasteiger partial charge in [0.15, 0.2) is 5.96 Å². The van der Waals surface area contributed by atoms with Gasteiger partial charge in [-0.25, -0.2) is 15.0 Å². The molecule has 0 saturated carbocycles. The summed E-state index contributed by atoms with van der Waals surface area (Å²) in [5.74, 6) is 1.70. The number of hydrogen-bond donors (Lipinski definition) is 1. The monoisotopic (exact) mass is 523 g/mol. The lowest BCUT2D eigenvalue weighted by atomic mass is 10.1. The molecule has 0 spiro atoms. The van der Waals surface area contributed by atoms with Gasteiger partial charge < -0.3 is 20.0 Å². The summed E-state index contributed by atoms with van der Waals surface area (Å²) in [6, 6.07) is 9.49.